The van der Waals surface area contributed by atoms with Crippen LogP contribution in [0.25, 0.3) is 0 Å². The Bertz CT molecular complexity index is 374. The molecule has 14 heavy (non-hydrogen) atoms. The van der Waals surface area contributed by atoms with Gasteiger partial charge in [0.15, 0.2) is 0 Å². The van der Waals surface area contributed by atoms with Gasteiger partial charge in [0.25, 0.3) is 5.69 Å². The van der Waals surface area contributed by atoms with Crippen molar-refractivity contribution in [1.82, 2.24) is 0 Å². The van der Waals surface area contributed by atoms with E-state index in [1.165, 1.54) is 12.1 Å². The van der Waals surface area contributed by atoms with Crippen molar-refractivity contribution < 1.29 is 14.0 Å². The highest BCUT2D eigenvalue weighted by Crippen LogP contribution is 2.43. The van der Waals surface area contributed by atoms with Crippen molar-refractivity contribution in [3.63, 3.8) is 0 Å². The van der Waals surface area contributed by atoms with E-state index >= 15 is 0 Å². The molecule has 0 unspecified atom stereocenters. The lowest BCUT2D eigenvalue weighted by molar-refractivity contribution is -0.385. The molecule has 78 valence electrons. The molecule has 0 aromatic heterocycles. The van der Waals surface area contributed by atoms with Crippen LogP contribution in [0.2, 0.25) is 0 Å². The molecular formula is C7H10N2O4S. The van der Waals surface area contributed by atoms with Gasteiger partial charge in [0.05, 0.1) is 9.82 Å². The molecule has 0 heterocycles. The number of hydrogen-bond acceptors (Lipinski definition) is 5. The van der Waals surface area contributed by atoms with Crippen LogP contribution in [-0.4, -0.2) is 14.0 Å². The second kappa shape index (κ2) is 3.54. The molecule has 6 nitrogen and oxygen atoms in total. The molecule has 0 saturated carbocycles. The lowest BCUT2D eigenvalue weighted by Gasteiger charge is -2.27. The molecular weight excluding hydrogens is 208 g/mol. The number of benzene rings is 1. The maximum Gasteiger partial charge on any atom is 0.271 e. The summed E-state index contributed by atoms with van der Waals surface area (Å²) in [6.45, 7) is 1.60. The second-order valence-electron chi connectivity index (χ2n) is 2.80. The van der Waals surface area contributed by atoms with Gasteiger partial charge in [0, 0.05) is 12.1 Å². The third-order valence-corrected chi connectivity index (χ3v) is 2.79. The highest BCUT2D eigenvalue weighted by atomic mass is 32.3. The van der Waals surface area contributed by atoms with Crippen LogP contribution in [0.15, 0.2) is 23.1 Å². The zero-order chi connectivity index (χ0) is 10.9. The van der Waals surface area contributed by atoms with Gasteiger partial charge in [-0.2, -0.15) is 0 Å². The van der Waals surface area contributed by atoms with Gasteiger partial charge < -0.3 is 0 Å². The molecule has 1 aromatic rings. The van der Waals surface area contributed by atoms with Crippen molar-refractivity contribution >= 4 is 16.5 Å². The first kappa shape index (κ1) is 10.9. The van der Waals surface area contributed by atoms with E-state index in [-0.39, 0.29) is 10.6 Å². The third kappa shape index (κ3) is 2.20. The van der Waals surface area contributed by atoms with Crippen molar-refractivity contribution in [3.05, 3.63) is 33.9 Å². The lowest BCUT2D eigenvalue weighted by atomic mass is 10.2. The Morgan fingerprint density at radius 2 is 2.07 bits per heavy atom. The van der Waals surface area contributed by atoms with E-state index in [9.17, 15) is 19.2 Å². The summed E-state index contributed by atoms with van der Waals surface area (Å²) >= 11 is 0. The minimum Gasteiger partial charge on any atom is -0.282 e. The van der Waals surface area contributed by atoms with Gasteiger partial charge >= 0.3 is 0 Å². The normalized spacial score (nSPS) is 12.6. The van der Waals surface area contributed by atoms with Crippen molar-refractivity contribution in [2.45, 2.75) is 11.8 Å². The standard InChI is InChI=1S/C7H10N2O4S/c1-5-2-3-6(9(10)11)4-7(5)14(8,12)13/h2-4,12-13H,8H2,1H3. The first-order valence-corrected chi connectivity index (χ1v) is 5.24. The van der Waals surface area contributed by atoms with Crippen LogP contribution in [0.5, 0.6) is 0 Å². The topological polar surface area (TPSA) is 110 Å². The second-order valence-corrected chi connectivity index (χ2v) is 4.43. The Morgan fingerprint density at radius 1 is 1.50 bits per heavy atom. The van der Waals surface area contributed by atoms with Gasteiger partial charge in [0.1, 0.15) is 0 Å². The Kier molecular flexibility index (Phi) is 2.76. The summed E-state index contributed by atoms with van der Waals surface area (Å²) in [5.41, 5.74) is 0.300. The molecule has 1 aromatic carbocycles. The molecule has 0 spiro atoms. The number of rotatable bonds is 2. The van der Waals surface area contributed by atoms with Crippen LogP contribution in [0.4, 0.5) is 5.69 Å². The first-order valence-electron chi connectivity index (χ1n) is 3.63. The summed E-state index contributed by atoms with van der Waals surface area (Å²) in [4.78, 5) is 9.79. The number of nitro benzene ring substituents is 1. The molecule has 1 rings (SSSR count). The molecule has 0 radical (unpaired) electrons. The molecule has 0 fully saturated rings. The summed E-state index contributed by atoms with van der Waals surface area (Å²) in [7, 11) is -3.39. The third-order valence-electron chi connectivity index (χ3n) is 1.71. The van der Waals surface area contributed by atoms with E-state index in [0.29, 0.717) is 5.56 Å². The Hall–Kier alpha value is -1.15. The van der Waals surface area contributed by atoms with E-state index < -0.39 is 15.7 Å². The smallest absolute Gasteiger partial charge is 0.271 e. The van der Waals surface area contributed by atoms with Gasteiger partial charge in [-0.3, -0.25) is 19.2 Å². The number of aryl methyl sites for hydroxylation is 1. The quantitative estimate of drug-likeness (QED) is 0.518. The SMILES string of the molecule is Cc1ccc([N+](=O)[O-])cc1S(N)(O)O. The van der Waals surface area contributed by atoms with E-state index in [4.69, 9.17) is 5.14 Å². The summed E-state index contributed by atoms with van der Waals surface area (Å²) in [5, 5.41) is 15.5. The summed E-state index contributed by atoms with van der Waals surface area (Å²) in [6.07, 6.45) is 0. The number of nitrogens with zero attached hydrogens (tertiary/aromatic N) is 1. The molecule has 4 N–H and O–H groups in total. The molecule has 0 aliphatic heterocycles. The molecule has 0 bridgehead atoms. The largest absolute Gasteiger partial charge is 0.282 e. The van der Waals surface area contributed by atoms with E-state index in [2.05, 4.69) is 0 Å². The van der Waals surface area contributed by atoms with Gasteiger partial charge in [-0.15, -0.1) is 10.8 Å². The van der Waals surface area contributed by atoms with Gasteiger partial charge in [0.2, 0.25) is 0 Å². The van der Waals surface area contributed by atoms with Crippen LogP contribution in [0, 0.1) is 17.0 Å². The van der Waals surface area contributed by atoms with E-state index in [0.717, 1.165) is 6.07 Å². The monoisotopic (exact) mass is 218 g/mol. The van der Waals surface area contributed by atoms with E-state index in [1.54, 1.807) is 6.92 Å². The molecule has 0 saturated heterocycles. The molecule has 0 amide bonds. The number of hydrogen-bond donors (Lipinski definition) is 3. The maximum absolute atomic E-state index is 10.4. The zero-order valence-corrected chi connectivity index (χ0v) is 8.19. The van der Waals surface area contributed by atoms with Gasteiger partial charge in [-0.25, -0.2) is 5.14 Å². The molecule has 0 aliphatic carbocycles. The van der Waals surface area contributed by atoms with E-state index in [1.807, 2.05) is 0 Å². The van der Waals surface area contributed by atoms with Crippen LogP contribution in [0.1, 0.15) is 5.56 Å². The lowest BCUT2D eigenvalue weighted by Crippen LogP contribution is -2.10. The molecule has 0 aliphatic rings. The fourth-order valence-electron chi connectivity index (χ4n) is 1.03. The fourth-order valence-corrected chi connectivity index (χ4v) is 1.86. The average Bonchev–Trinajstić information content (AvgIpc) is 2.02. The Balaban J connectivity index is 3.29. The van der Waals surface area contributed by atoms with Gasteiger partial charge in [-0.05, 0) is 12.5 Å². The first-order chi connectivity index (χ1) is 6.32. The Labute approximate surface area is 82.0 Å². The number of nitrogens with two attached hydrogens (primary N) is 1. The highest BCUT2D eigenvalue weighted by molar-refractivity contribution is 8.22. The van der Waals surface area contributed by atoms with Crippen molar-refractivity contribution in [3.8, 4) is 0 Å². The molecule has 0 atom stereocenters. The summed E-state index contributed by atoms with van der Waals surface area (Å²) in [5.74, 6) is 0. The average molecular weight is 218 g/mol. The van der Waals surface area contributed by atoms with Crippen LogP contribution in [-0.2, 0) is 0 Å². The van der Waals surface area contributed by atoms with Crippen molar-refractivity contribution in [2.24, 2.45) is 5.14 Å². The zero-order valence-electron chi connectivity index (χ0n) is 7.38. The highest BCUT2D eigenvalue weighted by Gasteiger charge is 2.16. The van der Waals surface area contributed by atoms with Crippen LogP contribution >= 0.6 is 10.8 Å². The molecule has 7 heteroatoms. The predicted molar refractivity (Wildman–Crippen MR) is 53.1 cm³/mol. The number of non-ortho nitro benzene ring substituents is 1. The van der Waals surface area contributed by atoms with Crippen molar-refractivity contribution in [2.75, 3.05) is 0 Å². The van der Waals surface area contributed by atoms with Crippen LogP contribution < -0.4 is 5.14 Å². The van der Waals surface area contributed by atoms with Crippen LogP contribution in [0.3, 0.4) is 0 Å². The summed E-state index contributed by atoms with van der Waals surface area (Å²) < 4.78 is 18.3. The minimum atomic E-state index is -3.39. The van der Waals surface area contributed by atoms with Gasteiger partial charge in [-0.1, -0.05) is 6.07 Å². The Morgan fingerprint density at radius 3 is 2.50 bits per heavy atom. The maximum atomic E-state index is 10.4. The fraction of sp³-hybridized carbons (Fsp3) is 0.143. The summed E-state index contributed by atoms with van der Waals surface area (Å²) in [6, 6.07) is 3.78. The number of nitro groups is 1. The minimum absolute atomic E-state index is 0.00620. The van der Waals surface area contributed by atoms with Crippen molar-refractivity contribution in [1.29, 1.82) is 0 Å². The predicted octanol–water partition coefficient (Wildman–Crippen LogP) is 1.89.